The lowest BCUT2D eigenvalue weighted by Crippen LogP contribution is -2.33. The molecule has 1 aliphatic carbocycles. The molecule has 0 radical (unpaired) electrons. The average molecular weight is 274 g/mol. The first kappa shape index (κ1) is 14.9. The van der Waals surface area contributed by atoms with Crippen LogP contribution in [0.15, 0.2) is 18.2 Å². The van der Waals surface area contributed by atoms with Crippen molar-refractivity contribution in [2.75, 3.05) is 5.73 Å². The van der Waals surface area contributed by atoms with Gasteiger partial charge in [0.1, 0.15) is 0 Å². The maximum absolute atomic E-state index is 12.4. The van der Waals surface area contributed by atoms with Gasteiger partial charge in [0.05, 0.1) is 6.04 Å². The van der Waals surface area contributed by atoms with Crippen LogP contribution in [0.4, 0.5) is 5.69 Å². The molecule has 110 valence electrons. The molecule has 1 unspecified atom stereocenters. The minimum atomic E-state index is 0.169. The van der Waals surface area contributed by atoms with Gasteiger partial charge in [-0.05, 0) is 48.9 Å². The zero-order valence-electron chi connectivity index (χ0n) is 12.6. The molecule has 1 aliphatic rings. The van der Waals surface area contributed by atoms with Crippen molar-refractivity contribution in [2.45, 2.75) is 58.4 Å². The molecule has 1 atom stereocenters. The summed E-state index contributed by atoms with van der Waals surface area (Å²) in [6.45, 7) is 4.28. The summed E-state index contributed by atoms with van der Waals surface area (Å²) < 4.78 is 0. The summed E-state index contributed by atoms with van der Waals surface area (Å²) in [5.41, 5.74) is 9.17. The van der Waals surface area contributed by atoms with Gasteiger partial charge in [0.15, 0.2) is 0 Å². The van der Waals surface area contributed by atoms with Crippen molar-refractivity contribution in [3.05, 3.63) is 29.3 Å². The molecule has 3 N–H and O–H groups in total. The molecule has 0 fully saturated rings. The second-order valence-corrected chi connectivity index (χ2v) is 5.83. The van der Waals surface area contributed by atoms with Crippen molar-refractivity contribution < 1.29 is 4.79 Å². The van der Waals surface area contributed by atoms with Gasteiger partial charge < -0.3 is 11.1 Å². The molecule has 0 spiro atoms. The Labute approximate surface area is 121 Å². The molecule has 0 bridgehead atoms. The second kappa shape index (κ2) is 6.78. The van der Waals surface area contributed by atoms with Gasteiger partial charge in [0.2, 0.25) is 5.91 Å². The number of carbonyl (C=O) groups is 1. The van der Waals surface area contributed by atoms with Crippen LogP contribution in [-0.2, 0) is 11.2 Å². The molecule has 0 heterocycles. The van der Waals surface area contributed by atoms with E-state index in [1.807, 2.05) is 12.1 Å². The summed E-state index contributed by atoms with van der Waals surface area (Å²) in [4.78, 5) is 12.4. The van der Waals surface area contributed by atoms with E-state index in [4.69, 9.17) is 5.73 Å². The predicted molar refractivity (Wildman–Crippen MR) is 83.4 cm³/mol. The fraction of sp³-hybridized carbons (Fsp3) is 0.588. The Kier molecular flexibility index (Phi) is 5.05. The van der Waals surface area contributed by atoms with Crippen molar-refractivity contribution in [3.8, 4) is 0 Å². The van der Waals surface area contributed by atoms with Gasteiger partial charge >= 0.3 is 0 Å². The Morgan fingerprint density at radius 3 is 2.70 bits per heavy atom. The zero-order chi connectivity index (χ0) is 14.5. The lowest BCUT2D eigenvalue weighted by atomic mass is 9.96. The molecule has 0 aromatic heterocycles. The predicted octanol–water partition coefficient (Wildman–Crippen LogP) is 3.59. The highest BCUT2D eigenvalue weighted by Crippen LogP contribution is 2.32. The maximum atomic E-state index is 12.4. The van der Waals surface area contributed by atoms with Crippen LogP contribution in [-0.4, -0.2) is 5.91 Å². The largest absolute Gasteiger partial charge is 0.399 e. The first-order valence-electron chi connectivity index (χ1n) is 7.84. The fourth-order valence-electron chi connectivity index (χ4n) is 3.18. The van der Waals surface area contributed by atoms with Crippen LogP contribution < -0.4 is 11.1 Å². The third-order valence-corrected chi connectivity index (χ3v) is 4.21. The number of hydrogen-bond donors (Lipinski definition) is 2. The van der Waals surface area contributed by atoms with Crippen molar-refractivity contribution in [1.29, 1.82) is 0 Å². The highest BCUT2D eigenvalue weighted by Gasteiger charge is 2.26. The summed E-state index contributed by atoms with van der Waals surface area (Å²) >= 11 is 0. The highest BCUT2D eigenvalue weighted by atomic mass is 16.1. The third-order valence-electron chi connectivity index (χ3n) is 4.21. The van der Waals surface area contributed by atoms with Gasteiger partial charge in [-0.25, -0.2) is 0 Å². The summed E-state index contributed by atoms with van der Waals surface area (Å²) in [6.07, 6.45) is 6.11. The number of aryl methyl sites for hydroxylation is 1. The number of amides is 1. The first-order valence-corrected chi connectivity index (χ1v) is 7.84. The Bertz CT molecular complexity index is 464. The van der Waals surface area contributed by atoms with Crippen molar-refractivity contribution in [2.24, 2.45) is 5.92 Å². The van der Waals surface area contributed by atoms with E-state index < -0.39 is 0 Å². The van der Waals surface area contributed by atoms with Gasteiger partial charge in [-0.1, -0.05) is 32.8 Å². The van der Waals surface area contributed by atoms with E-state index >= 15 is 0 Å². The lowest BCUT2D eigenvalue weighted by Gasteiger charge is -2.20. The molecule has 1 aromatic carbocycles. The van der Waals surface area contributed by atoms with Gasteiger partial charge in [0.25, 0.3) is 0 Å². The quantitative estimate of drug-likeness (QED) is 0.779. The normalized spacial score (nSPS) is 17.2. The second-order valence-electron chi connectivity index (χ2n) is 5.83. The zero-order valence-corrected chi connectivity index (χ0v) is 12.6. The maximum Gasteiger partial charge on any atom is 0.223 e. The number of nitrogens with one attached hydrogen (secondary N) is 1. The SMILES string of the molecule is CCCC(CCC)C(=O)NC1CCc2cc(N)ccc21. The number of carbonyl (C=O) groups excluding carboxylic acids is 1. The van der Waals surface area contributed by atoms with Crippen LogP contribution >= 0.6 is 0 Å². The van der Waals surface area contributed by atoms with Crippen LogP contribution in [0, 0.1) is 5.92 Å². The van der Waals surface area contributed by atoms with Crippen LogP contribution in [0.1, 0.15) is 63.1 Å². The lowest BCUT2D eigenvalue weighted by molar-refractivity contribution is -0.126. The minimum Gasteiger partial charge on any atom is -0.399 e. The van der Waals surface area contributed by atoms with Crippen LogP contribution in [0.5, 0.6) is 0 Å². The monoisotopic (exact) mass is 274 g/mol. The summed E-state index contributed by atoms with van der Waals surface area (Å²) in [6, 6.07) is 6.21. The highest BCUT2D eigenvalue weighted by molar-refractivity contribution is 5.79. The standard InChI is InChI=1S/C17H26N2O/c1-3-5-12(6-4-2)17(20)19-16-10-7-13-11-14(18)8-9-15(13)16/h8-9,11-12,16H,3-7,10,18H2,1-2H3,(H,19,20). The number of hydrogen-bond acceptors (Lipinski definition) is 2. The first-order chi connectivity index (χ1) is 9.65. The third kappa shape index (κ3) is 3.33. The van der Waals surface area contributed by atoms with Crippen LogP contribution in [0.25, 0.3) is 0 Å². The molecule has 1 amide bonds. The van der Waals surface area contributed by atoms with Crippen molar-refractivity contribution >= 4 is 11.6 Å². The number of nitrogen functional groups attached to an aromatic ring is 1. The molecule has 0 saturated carbocycles. The van der Waals surface area contributed by atoms with E-state index in [0.29, 0.717) is 0 Å². The van der Waals surface area contributed by atoms with E-state index in [1.165, 1.54) is 11.1 Å². The topological polar surface area (TPSA) is 55.1 Å². The number of anilines is 1. The van der Waals surface area contributed by atoms with Gasteiger partial charge in [-0.15, -0.1) is 0 Å². The number of rotatable bonds is 6. The summed E-state index contributed by atoms with van der Waals surface area (Å²) in [5.74, 6) is 0.395. The summed E-state index contributed by atoms with van der Waals surface area (Å²) in [7, 11) is 0. The molecule has 3 heteroatoms. The Morgan fingerprint density at radius 2 is 2.05 bits per heavy atom. The molecule has 0 saturated heterocycles. The fourth-order valence-corrected chi connectivity index (χ4v) is 3.18. The van der Waals surface area contributed by atoms with E-state index in [0.717, 1.165) is 44.2 Å². The Hall–Kier alpha value is -1.51. The van der Waals surface area contributed by atoms with Gasteiger partial charge in [-0.3, -0.25) is 4.79 Å². The number of fused-ring (bicyclic) bond motifs is 1. The molecular formula is C17H26N2O. The van der Waals surface area contributed by atoms with Gasteiger partial charge in [-0.2, -0.15) is 0 Å². The van der Waals surface area contributed by atoms with Crippen LogP contribution in [0.2, 0.25) is 0 Å². The average Bonchev–Trinajstić information content (AvgIpc) is 2.80. The van der Waals surface area contributed by atoms with E-state index in [2.05, 4.69) is 25.2 Å². The van der Waals surface area contributed by atoms with Crippen molar-refractivity contribution in [1.82, 2.24) is 5.32 Å². The molecule has 20 heavy (non-hydrogen) atoms. The molecular weight excluding hydrogens is 248 g/mol. The molecule has 2 rings (SSSR count). The Balaban J connectivity index is 2.03. The number of nitrogens with two attached hydrogens (primary N) is 1. The van der Waals surface area contributed by atoms with E-state index in [-0.39, 0.29) is 17.9 Å². The van der Waals surface area contributed by atoms with E-state index in [1.54, 1.807) is 0 Å². The van der Waals surface area contributed by atoms with E-state index in [9.17, 15) is 4.79 Å². The van der Waals surface area contributed by atoms with Crippen LogP contribution in [0.3, 0.4) is 0 Å². The van der Waals surface area contributed by atoms with Gasteiger partial charge in [0, 0.05) is 11.6 Å². The Morgan fingerprint density at radius 1 is 1.35 bits per heavy atom. The molecule has 0 aliphatic heterocycles. The summed E-state index contributed by atoms with van der Waals surface area (Å²) in [5, 5.41) is 3.24. The van der Waals surface area contributed by atoms with Crippen molar-refractivity contribution in [3.63, 3.8) is 0 Å². The molecule has 1 aromatic rings. The minimum absolute atomic E-state index is 0.169. The smallest absolute Gasteiger partial charge is 0.223 e. The number of benzene rings is 1. The molecule has 3 nitrogen and oxygen atoms in total.